The number of methoxy groups -OCH3 is 1. The maximum Gasteiger partial charge on any atom is 0.328 e. The van der Waals surface area contributed by atoms with E-state index < -0.39 is 40.1 Å². The van der Waals surface area contributed by atoms with Crippen LogP contribution in [0.2, 0.25) is 10.0 Å². The summed E-state index contributed by atoms with van der Waals surface area (Å²) < 4.78 is 54.8. The molecule has 360 valence electrons. The standard InChI is InChI=1S/C52H47Cl2N5O9S2/c1-30-51(69-52(56-30)58-48(60)37-5-3-4-6-37)70(63,64)59-27-39-25-46-45(67-29-47(68-46)36-16-18-40(19-17-36)66-28-33-11-20-41(53)42(54)21-33)24-38(39)23-44(59)49(61)57-43(50(62)65-2)22-31-7-12-34(13-8-31)35-14-9-32(26-55)10-15-35/h7-21,24-25,37,43-44,47H,3-6,22-23,27-29H2,1-2H3,(H,57,61)(H,56,58,60). The van der Waals surface area contributed by atoms with Gasteiger partial charge in [0.1, 0.15) is 31.0 Å². The molecule has 2 amide bonds. The molecule has 1 aromatic heterocycles. The van der Waals surface area contributed by atoms with E-state index in [1.807, 2.05) is 66.7 Å². The normalized spacial score (nSPS) is 17.2. The fraction of sp³-hybridized carbons (Fsp3) is 0.288. The highest BCUT2D eigenvalue weighted by Gasteiger charge is 2.43. The van der Waals surface area contributed by atoms with Crippen LogP contribution in [0.25, 0.3) is 11.1 Å². The van der Waals surface area contributed by atoms with Gasteiger partial charge in [-0.25, -0.2) is 18.2 Å². The first kappa shape index (κ1) is 48.5. The Hall–Kier alpha value is -6.48. The average molecular weight is 1020 g/mol. The molecule has 3 heterocycles. The Morgan fingerprint density at radius 3 is 2.26 bits per heavy atom. The SMILES string of the molecule is COC(=O)C(Cc1ccc(-c2ccc(C#N)cc2)cc1)NC(=O)C1Cc2cc3c(cc2CN1S(=O)(=O)c1sc(NC(=O)C2CCCC2)nc1C)OC(c1ccc(OCc2ccc(Cl)c(Cl)c2)cc1)CO3. The third-order valence-electron chi connectivity index (χ3n) is 12.8. The number of aryl methyl sites for hydroxylation is 1. The summed E-state index contributed by atoms with van der Waals surface area (Å²) in [7, 11) is -3.26. The number of sulfonamides is 1. The number of ether oxygens (including phenoxy) is 4. The molecule has 1 aliphatic carbocycles. The minimum absolute atomic E-state index is 0.0501. The van der Waals surface area contributed by atoms with Crippen molar-refractivity contribution in [2.45, 2.75) is 81.0 Å². The van der Waals surface area contributed by atoms with Gasteiger partial charge in [0, 0.05) is 18.9 Å². The predicted molar refractivity (Wildman–Crippen MR) is 264 cm³/mol. The number of fused-ring (bicyclic) bond motifs is 2. The molecule has 9 rings (SSSR count). The summed E-state index contributed by atoms with van der Waals surface area (Å²) in [5.74, 6) is -0.331. The second kappa shape index (κ2) is 20.9. The number of amides is 2. The fourth-order valence-electron chi connectivity index (χ4n) is 8.93. The lowest BCUT2D eigenvalue weighted by molar-refractivity contribution is -0.145. The van der Waals surface area contributed by atoms with Gasteiger partial charge in [-0.1, -0.05) is 102 Å². The van der Waals surface area contributed by atoms with Crippen LogP contribution in [-0.2, 0) is 55.1 Å². The maximum absolute atomic E-state index is 15.0. The third-order valence-corrected chi connectivity index (χ3v) is 17.0. The molecule has 0 spiro atoms. The molecule has 0 radical (unpaired) electrons. The van der Waals surface area contributed by atoms with Crippen molar-refractivity contribution in [2.24, 2.45) is 5.92 Å². The number of benzene rings is 5. The van der Waals surface area contributed by atoms with Gasteiger partial charge in [0.2, 0.25) is 11.8 Å². The molecule has 14 nitrogen and oxygen atoms in total. The van der Waals surface area contributed by atoms with E-state index in [4.69, 9.17) is 42.1 Å². The van der Waals surface area contributed by atoms with E-state index in [0.717, 1.165) is 63.6 Å². The molecule has 0 saturated heterocycles. The second-order valence-electron chi connectivity index (χ2n) is 17.4. The van der Waals surface area contributed by atoms with Crippen molar-refractivity contribution >= 4 is 67.5 Å². The number of aromatic nitrogens is 1. The number of carbonyl (C=O) groups excluding carboxylic acids is 3. The van der Waals surface area contributed by atoms with Crippen LogP contribution in [0.5, 0.6) is 17.2 Å². The summed E-state index contributed by atoms with van der Waals surface area (Å²) in [6.45, 7) is 1.79. The van der Waals surface area contributed by atoms with E-state index in [9.17, 15) is 28.1 Å². The molecule has 0 bridgehead atoms. The molecule has 2 N–H and O–H groups in total. The van der Waals surface area contributed by atoms with Gasteiger partial charge in [-0.15, -0.1) is 0 Å². The smallest absolute Gasteiger partial charge is 0.328 e. The van der Waals surface area contributed by atoms with Crippen LogP contribution < -0.4 is 24.8 Å². The summed E-state index contributed by atoms with van der Waals surface area (Å²) in [6.07, 6.45) is 2.88. The summed E-state index contributed by atoms with van der Waals surface area (Å²) in [6, 6.07) is 30.5. The Kier molecular flexibility index (Phi) is 14.5. The maximum atomic E-state index is 15.0. The monoisotopic (exact) mass is 1020 g/mol. The van der Waals surface area contributed by atoms with Crippen molar-refractivity contribution in [1.82, 2.24) is 14.6 Å². The van der Waals surface area contributed by atoms with Crippen molar-refractivity contribution in [3.05, 3.63) is 152 Å². The predicted octanol–water partition coefficient (Wildman–Crippen LogP) is 9.53. The Morgan fingerprint density at radius 1 is 0.886 bits per heavy atom. The van der Waals surface area contributed by atoms with Crippen LogP contribution in [0.15, 0.2) is 107 Å². The highest BCUT2D eigenvalue weighted by molar-refractivity contribution is 7.91. The third kappa shape index (κ3) is 10.6. The average Bonchev–Trinajstić information content (AvgIpc) is 4.06. The number of hydrogen-bond donors (Lipinski definition) is 2. The highest BCUT2D eigenvalue weighted by Crippen LogP contribution is 2.43. The van der Waals surface area contributed by atoms with Gasteiger partial charge in [-0.2, -0.15) is 9.57 Å². The van der Waals surface area contributed by atoms with Crippen molar-refractivity contribution in [1.29, 1.82) is 5.26 Å². The van der Waals surface area contributed by atoms with Crippen LogP contribution >= 0.6 is 34.5 Å². The molecule has 5 aromatic carbocycles. The van der Waals surface area contributed by atoms with E-state index in [2.05, 4.69) is 21.7 Å². The largest absolute Gasteiger partial charge is 0.489 e. The molecule has 1 saturated carbocycles. The first-order valence-corrected chi connectivity index (χ1v) is 25.7. The zero-order valence-corrected chi connectivity index (χ0v) is 41.2. The van der Waals surface area contributed by atoms with Gasteiger partial charge in [0.05, 0.1) is 34.5 Å². The molecule has 1 fully saturated rings. The molecular formula is C52H47Cl2N5O9S2. The van der Waals surface area contributed by atoms with E-state index in [1.165, 1.54) is 7.11 Å². The van der Waals surface area contributed by atoms with Gasteiger partial charge in [0.15, 0.2) is 26.9 Å². The number of esters is 1. The van der Waals surface area contributed by atoms with Crippen molar-refractivity contribution in [2.75, 3.05) is 19.0 Å². The number of nitrogens with one attached hydrogen (secondary N) is 2. The minimum Gasteiger partial charge on any atom is -0.489 e. The minimum atomic E-state index is -4.48. The van der Waals surface area contributed by atoms with Crippen LogP contribution in [0.4, 0.5) is 5.13 Å². The Labute approximate surface area is 419 Å². The van der Waals surface area contributed by atoms with Crippen LogP contribution in [0.3, 0.4) is 0 Å². The van der Waals surface area contributed by atoms with Crippen LogP contribution in [0, 0.1) is 24.2 Å². The number of nitriles is 1. The van der Waals surface area contributed by atoms with Crippen molar-refractivity contribution in [3.63, 3.8) is 0 Å². The summed E-state index contributed by atoms with van der Waals surface area (Å²) in [5.41, 5.74) is 6.15. The highest BCUT2D eigenvalue weighted by atomic mass is 35.5. The van der Waals surface area contributed by atoms with E-state index in [-0.39, 0.29) is 59.5 Å². The van der Waals surface area contributed by atoms with Crippen molar-refractivity contribution < 1.29 is 41.7 Å². The first-order valence-electron chi connectivity index (χ1n) is 22.7. The molecule has 70 heavy (non-hydrogen) atoms. The lowest BCUT2D eigenvalue weighted by atomic mass is 9.93. The van der Waals surface area contributed by atoms with Gasteiger partial charge in [-0.3, -0.25) is 9.59 Å². The summed E-state index contributed by atoms with van der Waals surface area (Å²) >= 11 is 13.1. The number of anilines is 1. The Bertz CT molecular complexity index is 3100. The zero-order valence-electron chi connectivity index (χ0n) is 38.1. The zero-order chi connectivity index (χ0) is 49.1. The number of thiazole rings is 1. The Morgan fingerprint density at radius 2 is 1.57 bits per heavy atom. The number of halogens is 2. The molecule has 6 aromatic rings. The van der Waals surface area contributed by atoms with Gasteiger partial charge < -0.3 is 29.6 Å². The molecule has 2 aliphatic heterocycles. The Balaban J connectivity index is 0.965. The molecule has 18 heteroatoms. The summed E-state index contributed by atoms with van der Waals surface area (Å²) in [4.78, 5) is 45.5. The van der Waals surface area contributed by atoms with E-state index >= 15 is 0 Å². The molecule has 3 aliphatic rings. The van der Waals surface area contributed by atoms with Gasteiger partial charge in [-0.05, 0) is 114 Å². The van der Waals surface area contributed by atoms with Crippen LogP contribution in [-0.4, -0.2) is 61.3 Å². The topological polar surface area (TPSA) is 186 Å². The lowest BCUT2D eigenvalue weighted by Crippen LogP contribution is -2.56. The first-order chi connectivity index (χ1) is 33.8. The fourth-order valence-corrected chi connectivity index (χ4v) is 12.3. The quantitative estimate of drug-likeness (QED) is 0.0990. The second-order valence-corrected chi connectivity index (χ2v) is 21.3. The summed E-state index contributed by atoms with van der Waals surface area (Å²) in [5, 5.41) is 15.9. The van der Waals surface area contributed by atoms with E-state index in [1.54, 1.807) is 43.3 Å². The number of rotatable bonds is 14. The molecular weight excluding hydrogens is 974 g/mol. The van der Waals surface area contributed by atoms with Crippen molar-refractivity contribution in [3.8, 4) is 34.4 Å². The lowest BCUT2D eigenvalue weighted by Gasteiger charge is -2.36. The van der Waals surface area contributed by atoms with E-state index in [0.29, 0.717) is 49.5 Å². The number of carbonyl (C=O) groups is 3. The molecule has 3 unspecified atom stereocenters. The number of hydrogen-bond acceptors (Lipinski definition) is 12. The number of nitrogens with zero attached hydrogens (tertiary/aromatic N) is 3. The van der Waals surface area contributed by atoms with Gasteiger partial charge in [0.25, 0.3) is 10.0 Å². The van der Waals surface area contributed by atoms with Crippen LogP contribution in [0.1, 0.15) is 70.9 Å². The van der Waals surface area contributed by atoms with Gasteiger partial charge >= 0.3 is 5.97 Å². The molecule has 3 atom stereocenters.